The third kappa shape index (κ3) is 7.49. The van der Waals surface area contributed by atoms with E-state index in [9.17, 15) is 0 Å². The highest BCUT2D eigenvalue weighted by Crippen LogP contribution is 2.37. The largest absolute Gasteiger partial charge is 0.382 e. The minimum atomic E-state index is -0.620. The Labute approximate surface area is 299 Å². The van der Waals surface area contributed by atoms with E-state index in [1.165, 1.54) is 0 Å². The molecule has 1 heterocycles. The molecule has 0 radical (unpaired) electrons. The first-order chi connectivity index (χ1) is 25.4. The summed E-state index contributed by atoms with van der Waals surface area (Å²) in [5.74, 6) is 7.04. The highest BCUT2D eigenvalue weighted by molar-refractivity contribution is 6.12. The van der Waals surface area contributed by atoms with Crippen LogP contribution in [0.25, 0.3) is 21.5 Å². The number of aromatic nitrogens is 1. The maximum Gasteiger partial charge on any atom is 0.154 e. The van der Waals surface area contributed by atoms with Crippen molar-refractivity contribution < 1.29 is 0 Å². The number of nitrogen functional groups attached to an aromatic ring is 1. The first kappa shape index (κ1) is 33.2. The van der Waals surface area contributed by atoms with Gasteiger partial charge in [0, 0.05) is 32.8 Å². The van der Waals surface area contributed by atoms with Crippen molar-refractivity contribution in [3.8, 4) is 11.8 Å². The normalized spacial score (nSPS) is 11.3. The van der Waals surface area contributed by atoms with Crippen LogP contribution in [0.4, 0.5) is 34.4 Å². The van der Waals surface area contributed by atoms with Gasteiger partial charge >= 0.3 is 0 Å². The molecular formula is C41H33N11. The topological polar surface area (TPSA) is 188 Å². The summed E-state index contributed by atoms with van der Waals surface area (Å²) in [5.41, 5.74) is 27.1. The number of anilines is 3. The number of nitrogens with one attached hydrogen (secondary N) is 3. The Morgan fingerprint density at radius 1 is 0.654 bits per heavy atom. The molecule has 252 valence electrons. The lowest BCUT2D eigenvalue weighted by atomic mass is 10.0. The molecular weight excluding hydrogens is 647 g/mol. The smallest absolute Gasteiger partial charge is 0.154 e. The van der Waals surface area contributed by atoms with E-state index in [1.807, 2.05) is 115 Å². The van der Waals surface area contributed by atoms with Crippen LogP contribution < -0.4 is 27.9 Å². The first-order valence-electron chi connectivity index (χ1n) is 16.4. The molecule has 9 N–H and O–H groups in total. The summed E-state index contributed by atoms with van der Waals surface area (Å²) in [6.07, 6.45) is -0.620. The molecule has 6 aromatic carbocycles. The summed E-state index contributed by atoms with van der Waals surface area (Å²) in [5, 5.41) is 32.6. The van der Waals surface area contributed by atoms with Crippen LogP contribution in [0.1, 0.15) is 28.4 Å². The van der Waals surface area contributed by atoms with Crippen molar-refractivity contribution in [3.63, 3.8) is 0 Å². The molecule has 0 saturated carbocycles. The lowest BCUT2D eigenvalue weighted by Gasteiger charge is -2.13. The van der Waals surface area contributed by atoms with Gasteiger partial charge in [0.1, 0.15) is 17.3 Å². The van der Waals surface area contributed by atoms with Gasteiger partial charge < -0.3 is 22.5 Å². The summed E-state index contributed by atoms with van der Waals surface area (Å²) in [4.78, 5) is 4.59. The van der Waals surface area contributed by atoms with Gasteiger partial charge in [0.05, 0.1) is 23.2 Å². The highest BCUT2D eigenvalue weighted by Gasteiger charge is 2.15. The number of fused-ring (bicyclic) bond motifs is 2. The molecule has 0 unspecified atom stereocenters. The van der Waals surface area contributed by atoms with Crippen molar-refractivity contribution in [2.75, 3.05) is 16.5 Å². The van der Waals surface area contributed by atoms with Gasteiger partial charge in [-0.3, -0.25) is 10.8 Å². The molecule has 11 nitrogen and oxygen atoms in total. The minimum absolute atomic E-state index is 0.131. The van der Waals surface area contributed by atoms with Crippen LogP contribution >= 0.6 is 0 Å². The van der Waals surface area contributed by atoms with Gasteiger partial charge in [0.2, 0.25) is 0 Å². The number of hydrogen-bond acceptors (Lipinski definition) is 9. The van der Waals surface area contributed by atoms with Gasteiger partial charge in [-0.25, -0.2) is 4.98 Å². The third-order valence-corrected chi connectivity index (χ3v) is 8.20. The molecule has 0 fully saturated rings. The van der Waals surface area contributed by atoms with Crippen molar-refractivity contribution >= 4 is 61.8 Å². The highest BCUT2D eigenvalue weighted by atomic mass is 15.4. The molecule has 0 bridgehead atoms. The first-order valence-corrected chi connectivity index (χ1v) is 16.4. The number of nitrogens with zero attached hydrogens (tertiary/aromatic N) is 5. The van der Waals surface area contributed by atoms with Gasteiger partial charge in [-0.05, 0) is 71.6 Å². The van der Waals surface area contributed by atoms with Crippen molar-refractivity contribution in [1.82, 2.24) is 4.98 Å². The summed E-state index contributed by atoms with van der Waals surface area (Å²) in [6.45, 7) is 0. The number of benzene rings is 6. The summed E-state index contributed by atoms with van der Waals surface area (Å²) in [7, 11) is 0. The average molecular weight is 680 g/mol. The maximum atomic E-state index is 8.78. The second-order valence-corrected chi connectivity index (χ2v) is 11.7. The average Bonchev–Trinajstić information content (AvgIpc) is 3.17. The standard InChI is InChI=1S/C41H33N11/c42-38(43)34-23-24-36(32-14-5-4-13-31(32)34)50-51-37-33-15-6-7-16-35(33)41(47-40(37)45)46-39(44)28-19-21-29(22-20-28)48-52-49-30-12-8-11-27(25-30)18-17-26-9-2-1-3-10-26/h1-16,19-25,38H,42-43H2,(H,48,49)(H4,44,45,46,47). The van der Waals surface area contributed by atoms with E-state index in [-0.39, 0.29) is 11.7 Å². The minimum Gasteiger partial charge on any atom is -0.382 e. The van der Waals surface area contributed by atoms with Crippen LogP contribution in [0.15, 0.2) is 160 Å². The van der Waals surface area contributed by atoms with E-state index in [0.717, 1.165) is 43.9 Å². The molecule has 7 rings (SSSR count). The number of nitrogens with two attached hydrogens (primary N) is 3. The van der Waals surface area contributed by atoms with Gasteiger partial charge in [0.25, 0.3) is 0 Å². The maximum absolute atomic E-state index is 8.78. The Hall–Kier alpha value is -7.26. The second-order valence-electron chi connectivity index (χ2n) is 11.7. The van der Waals surface area contributed by atoms with Crippen LogP contribution in [-0.2, 0) is 0 Å². The fourth-order valence-corrected chi connectivity index (χ4v) is 5.61. The molecule has 0 spiro atoms. The van der Waals surface area contributed by atoms with Crippen molar-refractivity contribution in [1.29, 1.82) is 5.41 Å². The molecule has 11 heteroatoms. The molecule has 0 atom stereocenters. The summed E-state index contributed by atoms with van der Waals surface area (Å²) < 4.78 is 0. The second kappa shape index (κ2) is 15.1. The van der Waals surface area contributed by atoms with Crippen LogP contribution in [-0.4, -0.2) is 10.8 Å². The molecule has 0 aliphatic carbocycles. The number of rotatable bonds is 8. The lowest BCUT2D eigenvalue weighted by Crippen LogP contribution is -2.20. The Kier molecular flexibility index (Phi) is 9.65. The Bertz CT molecular complexity index is 2530. The predicted octanol–water partition coefficient (Wildman–Crippen LogP) is 9.25. The van der Waals surface area contributed by atoms with Crippen LogP contribution in [0.3, 0.4) is 0 Å². The van der Waals surface area contributed by atoms with Gasteiger partial charge in [-0.2, -0.15) is 0 Å². The SMILES string of the molecule is N=C(Nc1nc(N)c(N=Nc2ccc(C(N)N)c3ccccc23)c2ccccc12)c1ccc(N=NNc2cccc(C#Cc3ccccc3)c2)cc1. The van der Waals surface area contributed by atoms with E-state index >= 15 is 0 Å². The molecule has 0 saturated heterocycles. The number of pyridine rings is 1. The van der Waals surface area contributed by atoms with E-state index in [0.29, 0.717) is 28.4 Å². The Morgan fingerprint density at radius 3 is 2.10 bits per heavy atom. The van der Waals surface area contributed by atoms with Gasteiger partial charge in [0.15, 0.2) is 5.82 Å². The Morgan fingerprint density at radius 2 is 1.33 bits per heavy atom. The zero-order chi connectivity index (χ0) is 35.9. The molecule has 0 aliphatic rings. The quantitative estimate of drug-likeness (QED) is 0.0232. The Balaban J connectivity index is 1.05. The van der Waals surface area contributed by atoms with Crippen molar-refractivity contribution in [3.05, 3.63) is 162 Å². The van der Waals surface area contributed by atoms with Gasteiger partial charge in [-0.15, -0.1) is 15.3 Å². The van der Waals surface area contributed by atoms with Gasteiger partial charge in [-0.1, -0.05) is 95.9 Å². The van der Waals surface area contributed by atoms with Crippen molar-refractivity contribution in [2.45, 2.75) is 6.17 Å². The van der Waals surface area contributed by atoms with Crippen molar-refractivity contribution in [2.24, 2.45) is 32.0 Å². The molecule has 52 heavy (non-hydrogen) atoms. The monoisotopic (exact) mass is 679 g/mol. The van der Waals surface area contributed by atoms with Crippen LogP contribution in [0.5, 0.6) is 0 Å². The predicted molar refractivity (Wildman–Crippen MR) is 209 cm³/mol. The summed E-state index contributed by atoms with van der Waals surface area (Å²) >= 11 is 0. The molecule has 0 aliphatic heterocycles. The van der Waals surface area contributed by atoms with Crippen LogP contribution in [0.2, 0.25) is 0 Å². The zero-order valence-corrected chi connectivity index (χ0v) is 27.8. The number of hydrogen-bond donors (Lipinski definition) is 6. The van der Waals surface area contributed by atoms with Crippen LogP contribution in [0, 0.1) is 17.3 Å². The van der Waals surface area contributed by atoms with E-state index < -0.39 is 6.17 Å². The zero-order valence-electron chi connectivity index (χ0n) is 27.8. The number of amidine groups is 1. The molecule has 0 amide bonds. The third-order valence-electron chi connectivity index (χ3n) is 8.20. The van der Waals surface area contributed by atoms with E-state index in [4.69, 9.17) is 22.6 Å². The fraction of sp³-hybridized carbons (Fsp3) is 0.0244. The number of azo groups is 1. The summed E-state index contributed by atoms with van der Waals surface area (Å²) in [6, 6.07) is 43.6. The van der Waals surface area contributed by atoms with E-state index in [2.05, 4.69) is 48.1 Å². The fourth-order valence-electron chi connectivity index (χ4n) is 5.61. The molecule has 7 aromatic rings. The molecule has 1 aromatic heterocycles. The lowest BCUT2D eigenvalue weighted by molar-refractivity contribution is 0.781. The van der Waals surface area contributed by atoms with E-state index in [1.54, 1.807) is 24.3 Å².